The standard InChI is InChI=1S/C15H17FN2O4/c1-9(19)12-13(10-3-5-11(16)6-4-10)18-22-14(12)15(20)17-7-8-21-2/h3-6,9,19H,7-8H2,1-2H3,(H,17,20)/t9-/m0/s1. The predicted molar refractivity (Wildman–Crippen MR) is 76.7 cm³/mol. The smallest absolute Gasteiger partial charge is 0.290 e. The second kappa shape index (κ2) is 7.15. The van der Waals surface area contributed by atoms with E-state index in [1.807, 2.05) is 0 Å². The molecule has 22 heavy (non-hydrogen) atoms. The number of nitrogens with zero attached hydrogens (tertiary/aromatic N) is 1. The molecule has 0 bridgehead atoms. The lowest BCUT2D eigenvalue weighted by molar-refractivity contribution is 0.0892. The van der Waals surface area contributed by atoms with Crippen molar-refractivity contribution in [1.82, 2.24) is 10.5 Å². The molecule has 0 aliphatic heterocycles. The Morgan fingerprint density at radius 1 is 1.45 bits per heavy atom. The highest BCUT2D eigenvalue weighted by atomic mass is 19.1. The predicted octanol–water partition coefficient (Wildman–Crippen LogP) is 1.91. The SMILES string of the molecule is COCCNC(=O)c1onc(-c2ccc(F)cc2)c1[C@H](C)O. The summed E-state index contributed by atoms with van der Waals surface area (Å²) in [6.07, 6.45) is -0.963. The van der Waals surface area contributed by atoms with Crippen molar-refractivity contribution < 1.29 is 23.6 Å². The molecule has 0 aliphatic carbocycles. The number of hydrogen-bond donors (Lipinski definition) is 2. The van der Waals surface area contributed by atoms with Gasteiger partial charge >= 0.3 is 0 Å². The van der Waals surface area contributed by atoms with E-state index in [0.717, 1.165) is 0 Å². The van der Waals surface area contributed by atoms with Gasteiger partial charge in [-0.2, -0.15) is 0 Å². The van der Waals surface area contributed by atoms with E-state index in [9.17, 15) is 14.3 Å². The first-order chi connectivity index (χ1) is 10.5. The van der Waals surface area contributed by atoms with Gasteiger partial charge in [0.1, 0.15) is 11.5 Å². The van der Waals surface area contributed by atoms with E-state index in [2.05, 4.69) is 10.5 Å². The van der Waals surface area contributed by atoms with Crippen LogP contribution >= 0.6 is 0 Å². The van der Waals surface area contributed by atoms with Gasteiger partial charge in [0.2, 0.25) is 5.76 Å². The molecule has 2 rings (SSSR count). The number of amides is 1. The van der Waals surface area contributed by atoms with Crippen LogP contribution in [0.15, 0.2) is 28.8 Å². The van der Waals surface area contributed by atoms with E-state index < -0.39 is 12.0 Å². The molecule has 0 spiro atoms. The minimum Gasteiger partial charge on any atom is -0.388 e. The number of rotatable bonds is 6. The molecule has 0 radical (unpaired) electrons. The van der Waals surface area contributed by atoms with Crippen LogP contribution in [0, 0.1) is 5.82 Å². The van der Waals surface area contributed by atoms with Gasteiger partial charge in [0.25, 0.3) is 5.91 Å². The maximum Gasteiger partial charge on any atom is 0.290 e. The van der Waals surface area contributed by atoms with Crippen molar-refractivity contribution in [2.24, 2.45) is 0 Å². The number of halogens is 1. The molecule has 1 amide bonds. The van der Waals surface area contributed by atoms with E-state index in [0.29, 0.717) is 24.4 Å². The van der Waals surface area contributed by atoms with Gasteiger partial charge < -0.3 is 19.7 Å². The van der Waals surface area contributed by atoms with Gasteiger partial charge in [-0.15, -0.1) is 0 Å². The molecule has 0 unspecified atom stereocenters. The minimum absolute atomic E-state index is 0.0644. The number of methoxy groups -OCH3 is 1. The van der Waals surface area contributed by atoms with Crippen LogP contribution in [0.2, 0.25) is 0 Å². The first-order valence-electron chi connectivity index (χ1n) is 6.75. The van der Waals surface area contributed by atoms with E-state index >= 15 is 0 Å². The summed E-state index contributed by atoms with van der Waals surface area (Å²) in [5.41, 5.74) is 1.13. The van der Waals surface area contributed by atoms with Gasteiger partial charge in [0.05, 0.1) is 18.3 Å². The van der Waals surface area contributed by atoms with Crippen LogP contribution in [0.25, 0.3) is 11.3 Å². The fourth-order valence-electron chi connectivity index (χ4n) is 2.01. The third-order valence-electron chi connectivity index (χ3n) is 3.06. The zero-order chi connectivity index (χ0) is 16.1. The zero-order valence-corrected chi connectivity index (χ0v) is 12.3. The topological polar surface area (TPSA) is 84.6 Å². The molecule has 0 saturated heterocycles. The minimum atomic E-state index is -0.963. The summed E-state index contributed by atoms with van der Waals surface area (Å²) in [4.78, 5) is 12.1. The summed E-state index contributed by atoms with van der Waals surface area (Å²) in [6.45, 7) is 2.17. The van der Waals surface area contributed by atoms with Crippen LogP contribution < -0.4 is 5.32 Å². The second-order valence-corrected chi connectivity index (χ2v) is 4.71. The van der Waals surface area contributed by atoms with Crippen molar-refractivity contribution in [3.63, 3.8) is 0 Å². The Balaban J connectivity index is 2.33. The number of hydrogen-bond acceptors (Lipinski definition) is 5. The maximum absolute atomic E-state index is 13.0. The van der Waals surface area contributed by atoms with E-state index in [4.69, 9.17) is 9.26 Å². The van der Waals surface area contributed by atoms with Crippen LogP contribution in [-0.2, 0) is 4.74 Å². The lowest BCUT2D eigenvalue weighted by Gasteiger charge is -2.07. The molecule has 1 aromatic heterocycles. The number of benzene rings is 1. The average Bonchev–Trinajstić information content (AvgIpc) is 2.93. The fraction of sp³-hybridized carbons (Fsp3) is 0.333. The molecular weight excluding hydrogens is 291 g/mol. The molecule has 118 valence electrons. The van der Waals surface area contributed by atoms with Crippen molar-refractivity contribution >= 4 is 5.91 Å². The first-order valence-corrected chi connectivity index (χ1v) is 6.75. The lowest BCUT2D eigenvalue weighted by atomic mass is 10.0. The number of nitrogens with one attached hydrogen (secondary N) is 1. The Hall–Kier alpha value is -2.25. The van der Waals surface area contributed by atoms with Crippen molar-refractivity contribution in [3.05, 3.63) is 41.4 Å². The molecule has 0 saturated carbocycles. The summed E-state index contributed by atoms with van der Waals surface area (Å²) in [6, 6.07) is 5.56. The molecule has 1 heterocycles. The molecule has 1 atom stereocenters. The Bertz CT molecular complexity index is 637. The molecule has 0 aliphatic rings. The summed E-state index contributed by atoms with van der Waals surface area (Å²) < 4.78 is 22.9. The number of carbonyl (C=O) groups excluding carboxylic acids is 1. The fourth-order valence-corrected chi connectivity index (χ4v) is 2.01. The Morgan fingerprint density at radius 3 is 2.73 bits per heavy atom. The molecule has 0 fully saturated rings. The summed E-state index contributed by atoms with van der Waals surface area (Å²) in [7, 11) is 1.52. The number of aliphatic hydroxyl groups is 1. The molecular formula is C15H17FN2O4. The molecule has 2 aromatic rings. The third-order valence-corrected chi connectivity index (χ3v) is 3.06. The Labute approximate surface area is 126 Å². The van der Waals surface area contributed by atoms with Crippen LogP contribution in [0.5, 0.6) is 0 Å². The highest BCUT2D eigenvalue weighted by Crippen LogP contribution is 2.30. The van der Waals surface area contributed by atoms with Crippen molar-refractivity contribution in [1.29, 1.82) is 0 Å². The van der Waals surface area contributed by atoms with Gasteiger partial charge in [-0.05, 0) is 31.2 Å². The molecule has 2 N–H and O–H groups in total. The van der Waals surface area contributed by atoms with Gasteiger partial charge in [0.15, 0.2) is 0 Å². The van der Waals surface area contributed by atoms with Gasteiger partial charge in [-0.1, -0.05) is 5.16 Å². The van der Waals surface area contributed by atoms with E-state index in [-0.39, 0.29) is 17.1 Å². The monoisotopic (exact) mass is 308 g/mol. The quantitative estimate of drug-likeness (QED) is 0.796. The van der Waals surface area contributed by atoms with Gasteiger partial charge in [-0.25, -0.2) is 4.39 Å². The Kier molecular flexibility index (Phi) is 5.24. The number of ether oxygens (including phenoxy) is 1. The maximum atomic E-state index is 13.0. The first kappa shape index (κ1) is 16.1. The van der Waals surface area contributed by atoms with E-state index in [1.165, 1.54) is 38.3 Å². The van der Waals surface area contributed by atoms with Crippen molar-refractivity contribution in [2.45, 2.75) is 13.0 Å². The summed E-state index contributed by atoms with van der Waals surface area (Å²) in [5, 5.41) is 16.4. The highest BCUT2D eigenvalue weighted by Gasteiger charge is 2.26. The van der Waals surface area contributed by atoms with Crippen LogP contribution in [-0.4, -0.2) is 36.4 Å². The zero-order valence-electron chi connectivity index (χ0n) is 12.3. The normalized spacial score (nSPS) is 12.2. The third kappa shape index (κ3) is 3.49. The molecule has 7 heteroatoms. The van der Waals surface area contributed by atoms with Gasteiger partial charge in [0, 0.05) is 19.2 Å². The van der Waals surface area contributed by atoms with Crippen LogP contribution in [0.3, 0.4) is 0 Å². The number of aromatic nitrogens is 1. The Morgan fingerprint density at radius 2 is 2.14 bits per heavy atom. The summed E-state index contributed by atoms with van der Waals surface area (Å²) in [5.74, 6) is -0.942. The van der Waals surface area contributed by atoms with Crippen LogP contribution in [0.4, 0.5) is 4.39 Å². The van der Waals surface area contributed by atoms with Gasteiger partial charge in [-0.3, -0.25) is 4.79 Å². The number of carbonyl (C=O) groups is 1. The molecule has 1 aromatic carbocycles. The highest BCUT2D eigenvalue weighted by molar-refractivity contribution is 5.94. The number of aliphatic hydroxyl groups excluding tert-OH is 1. The van der Waals surface area contributed by atoms with E-state index in [1.54, 1.807) is 0 Å². The van der Waals surface area contributed by atoms with Crippen LogP contribution in [0.1, 0.15) is 29.1 Å². The lowest BCUT2D eigenvalue weighted by Crippen LogP contribution is -2.27. The largest absolute Gasteiger partial charge is 0.388 e. The summed E-state index contributed by atoms with van der Waals surface area (Å²) >= 11 is 0. The average molecular weight is 308 g/mol. The van der Waals surface area contributed by atoms with Crippen molar-refractivity contribution in [2.75, 3.05) is 20.3 Å². The second-order valence-electron chi connectivity index (χ2n) is 4.71. The van der Waals surface area contributed by atoms with Crippen molar-refractivity contribution in [3.8, 4) is 11.3 Å². The molecule has 6 nitrogen and oxygen atoms in total.